The third-order valence-corrected chi connectivity index (χ3v) is 6.24. The molecule has 1 unspecified atom stereocenters. The smallest absolute Gasteiger partial charge is 0.273 e. The molecule has 5 rings (SSSR count). The number of phenolic OH excluding ortho intramolecular Hbond substituents is 1. The number of hydrogen-bond acceptors (Lipinski definition) is 4. The number of phenols is 1. The number of carbonyl (C=O) groups excluding carboxylic acids is 1. The molecule has 2 aromatic carbocycles. The highest BCUT2D eigenvalue weighted by atomic mass is 35.5. The van der Waals surface area contributed by atoms with Crippen molar-refractivity contribution in [2.24, 2.45) is 0 Å². The van der Waals surface area contributed by atoms with Gasteiger partial charge in [-0.05, 0) is 66.4 Å². The van der Waals surface area contributed by atoms with Gasteiger partial charge in [-0.15, -0.1) is 0 Å². The molecule has 0 aliphatic carbocycles. The molecule has 0 saturated carbocycles. The summed E-state index contributed by atoms with van der Waals surface area (Å²) in [5.74, 6) is -0.0127. The van der Waals surface area contributed by atoms with E-state index in [0.717, 1.165) is 27.8 Å². The Balaban J connectivity index is 1.68. The molecule has 0 spiro atoms. The molecule has 0 fully saturated rings. The number of nitrogens with zero attached hydrogens (tertiary/aromatic N) is 3. The highest BCUT2D eigenvalue weighted by molar-refractivity contribution is 6.30. The van der Waals surface area contributed by atoms with Gasteiger partial charge in [-0.3, -0.25) is 14.9 Å². The zero-order valence-corrected chi connectivity index (χ0v) is 18.4. The summed E-state index contributed by atoms with van der Waals surface area (Å²) >= 11 is 6.13. The number of H-pyrrole nitrogens is 1. The molecule has 2 aromatic heterocycles. The maximum Gasteiger partial charge on any atom is 0.273 e. The number of hydrogen-bond donors (Lipinski definition) is 2. The minimum atomic E-state index is -0.385. The van der Waals surface area contributed by atoms with Crippen LogP contribution in [0.2, 0.25) is 5.02 Å². The fourth-order valence-corrected chi connectivity index (χ4v) is 4.36. The largest absolute Gasteiger partial charge is 0.507 e. The van der Waals surface area contributed by atoms with Crippen LogP contribution in [0.4, 0.5) is 0 Å². The van der Waals surface area contributed by atoms with Crippen LogP contribution in [-0.2, 0) is 6.54 Å². The molecule has 2 N–H and O–H groups in total. The summed E-state index contributed by atoms with van der Waals surface area (Å²) in [4.78, 5) is 19.4. The normalized spacial score (nSPS) is 15.3. The minimum absolute atomic E-state index is 0.135. The first kappa shape index (κ1) is 20.3. The number of nitrogens with one attached hydrogen (secondary N) is 1. The molecule has 6 nitrogen and oxygen atoms in total. The lowest BCUT2D eigenvalue weighted by Crippen LogP contribution is -2.29. The van der Waals surface area contributed by atoms with Gasteiger partial charge in [0.2, 0.25) is 0 Å². The zero-order valence-electron chi connectivity index (χ0n) is 17.6. The van der Waals surface area contributed by atoms with Crippen molar-refractivity contribution in [1.82, 2.24) is 20.1 Å². The molecule has 1 aliphatic rings. The number of aromatic hydroxyl groups is 1. The number of halogens is 1. The van der Waals surface area contributed by atoms with Gasteiger partial charge in [-0.25, -0.2) is 0 Å². The van der Waals surface area contributed by atoms with E-state index in [9.17, 15) is 9.90 Å². The van der Waals surface area contributed by atoms with Crippen molar-refractivity contribution in [2.45, 2.75) is 26.4 Å². The Morgan fingerprint density at radius 1 is 1.12 bits per heavy atom. The summed E-state index contributed by atoms with van der Waals surface area (Å²) in [6, 6.07) is 14.5. The Bertz CT molecular complexity index is 1320. The summed E-state index contributed by atoms with van der Waals surface area (Å²) in [6.45, 7) is 4.33. The maximum absolute atomic E-state index is 13.4. The summed E-state index contributed by atoms with van der Waals surface area (Å²) in [5, 5.41) is 18.7. The number of aromatic nitrogens is 3. The van der Waals surface area contributed by atoms with Crippen LogP contribution in [0.1, 0.15) is 44.3 Å². The van der Waals surface area contributed by atoms with Gasteiger partial charge in [0.05, 0.1) is 6.04 Å². The van der Waals surface area contributed by atoms with Crippen molar-refractivity contribution in [3.63, 3.8) is 0 Å². The van der Waals surface area contributed by atoms with E-state index in [1.165, 1.54) is 0 Å². The number of pyridine rings is 1. The summed E-state index contributed by atoms with van der Waals surface area (Å²) < 4.78 is 0. The van der Waals surface area contributed by atoms with Gasteiger partial charge in [0.25, 0.3) is 5.91 Å². The van der Waals surface area contributed by atoms with Crippen molar-refractivity contribution in [3.05, 3.63) is 99.5 Å². The second-order valence-corrected chi connectivity index (χ2v) is 8.50. The lowest BCUT2D eigenvalue weighted by molar-refractivity contribution is 0.0730. The zero-order chi connectivity index (χ0) is 22.4. The molecule has 0 saturated heterocycles. The monoisotopic (exact) mass is 444 g/mol. The molecule has 1 amide bonds. The first-order valence-electron chi connectivity index (χ1n) is 10.3. The highest BCUT2D eigenvalue weighted by Crippen LogP contribution is 2.45. The standard InChI is InChI=1S/C25H21ClN4O2/c1-14-10-19(20(31)11-15(14)2)22-21-23(29-28-22)25(32)30(13-16-4-3-9-27-12-16)24(21)17-5-7-18(26)8-6-17/h3-12,24,31H,13H2,1-2H3,(H,28,29). The van der Waals surface area contributed by atoms with Crippen molar-refractivity contribution in [2.75, 3.05) is 0 Å². The Labute approximate surface area is 190 Å². The molecule has 1 aliphatic heterocycles. The van der Waals surface area contributed by atoms with E-state index in [1.807, 2.05) is 56.3 Å². The molecule has 0 radical (unpaired) electrons. The molecule has 3 heterocycles. The Kier molecular flexibility index (Phi) is 4.94. The van der Waals surface area contributed by atoms with Gasteiger partial charge in [-0.2, -0.15) is 5.10 Å². The van der Waals surface area contributed by atoms with E-state index in [0.29, 0.717) is 28.5 Å². The van der Waals surface area contributed by atoms with Gasteiger partial charge in [0.1, 0.15) is 17.1 Å². The van der Waals surface area contributed by atoms with Crippen molar-refractivity contribution in [1.29, 1.82) is 0 Å². The molecular formula is C25H21ClN4O2. The second-order valence-electron chi connectivity index (χ2n) is 8.06. The third-order valence-electron chi connectivity index (χ3n) is 5.99. The fourth-order valence-electron chi connectivity index (χ4n) is 4.24. The van der Waals surface area contributed by atoms with Crippen molar-refractivity contribution >= 4 is 17.5 Å². The fraction of sp³-hybridized carbons (Fsp3) is 0.160. The van der Waals surface area contributed by atoms with Crippen LogP contribution >= 0.6 is 11.6 Å². The maximum atomic E-state index is 13.4. The third kappa shape index (κ3) is 3.33. The van der Waals surface area contributed by atoms with Gasteiger partial charge >= 0.3 is 0 Å². The van der Waals surface area contributed by atoms with E-state index in [1.54, 1.807) is 23.4 Å². The number of rotatable bonds is 4. The summed E-state index contributed by atoms with van der Waals surface area (Å²) in [6.07, 6.45) is 3.46. The van der Waals surface area contributed by atoms with Gasteiger partial charge in [-0.1, -0.05) is 29.8 Å². The molecule has 0 bridgehead atoms. The molecule has 160 valence electrons. The molecule has 1 atom stereocenters. The number of carbonyl (C=O) groups is 1. The summed E-state index contributed by atoms with van der Waals surface area (Å²) in [5.41, 5.74) is 6.21. The van der Waals surface area contributed by atoms with Crippen LogP contribution in [0.3, 0.4) is 0 Å². The average molecular weight is 445 g/mol. The Hall–Kier alpha value is -3.64. The number of fused-ring (bicyclic) bond motifs is 1. The van der Waals surface area contributed by atoms with Crippen molar-refractivity contribution < 1.29 is 9.90 Å². The van der Waals surface area contributed by atoms with Crippen molar-refractivity contribution in [3.8, 4) is 17.0 Å². The number of amides is 1. The van der Waals surface area contributed by atoms with Gasteiger partial charge < -0.3 is 10.0 Å². The highest BCUT2D eigenvalue weighted by Gasteiger charge is 2.42. The van der Waals surface area contributed by atoms with Gasteiger partial charge in [0.15, 0.2) is 0 Å². The topological polar surface area (TPSA) is 82.1 Å². The lowest BCUT2D eigenvalue weighted by Gasteiger charge is -2.26. The van der Waals surface area contributed by atoms with Crippen LogP contribution in [-0.4, -0.2) is 31.1 Å². The van der Waals surface area contributed by atoms with Crippen LogP contribution in [0.25, 0.3) is 11.3 Å². The molecule has 7 heteroatoms. The second kappa shape index (κ2) is 7.80. The van der Waals surface area contributed by atoms with Crippen LogP contribution in [0, 0.1) is 13.8 Å². The summed E-state index contributed by atoms with van der Waals surface area (Å²) in [7, 11) is 0. The van der Waals surface area contributed by atoms with E-state index >= 15 is 0 Å². The van der Waals surface area contributed by atoms with Crippen LogP contribution < -0.4 is 0 Å². The Morgan fingerprint density at radius 3 is 2.59 bits per heavy atom. The predicted molar refractivity (Wildman–Crippen MR) is 123 cm³/mol. The number of benzene rings is 2. The van der Waals surface area contributed by atoms with E-state index in [-0.39, 0.29) is 17.7 Å². The SMILES string of the molecule is Cc1cc(O)c(-c2n[nH]c3c2C(c2ccc(Cl)cc2)N(Cc2cccnc2)C3=O)cc1C. The minimum Gasteiger partial charge on any atom is -0.507 e. The van der Waals surface area contributed by atoms with E-state index in [2.05, 4.69) is 15.2 Å². The van der Waals surface area contributed by atoms with E-state index < -0.39 is 0 Å². The van der Waals surface area contributed by atoms with Gasteiger partial charge in [0, 0.05) is 35.1 Å². The predicted octanol–water partition coefficient (Wildman–Crippen LogP) is 5.19. The molecular weight excluding hydrogens is 424 g/mol. The quantitative estimate of drug-likeness (QED) is 0.453. The molecule has 4 aromatic rings. The average Bonchev–Trinajstić information content (AvgIpc) is 3.32. The Morgan fingerprint density at radius 2 is 1.88 bits per heavy atom. The van der Waals surface area contributed by atoms with Crippen LogP contribution in [0.15, 0.2) is 60.9 Å². The molecule has 32 heavy (non-hydrogen) atoms. The number of aryl methyl sites for hydroxylation is 2. The number of aromatic amines is 1. The first-order chi connectivity index (χ1) is 15.4. The van der Waals surface area contributed by atoms with E-state index in [4.69, 9.17) is 11.6 Å². The first-order valence-corrected chi connectivity index (χ1v) is 10.7. The lowest BCUT2D eigenvalue weighted by atomic mass is 9.94. The van der Waals surface area contributed by atoms with Crippen LogP contribution in [0.5, 0.6) is 5.75 Å².